The lowest BCUT2D eigenvalue weighted by Crippen LogP contribution is -1.99. The molecular formula is C20H20O6. The van der Waals surface area contributed by atoms with Crippen molar-refractivity contribution in [3.05, 3.63) is 47.2 Å². The molecule has 136 valence electrons. The predicted molar refractivity (Wildman–Crippen MR) is 95.8 cm³/mol. The van der Waals surface area contributed by atoms with E-state index in [-0.39, 0.29) is 28.6 Å². The number of unbranched alkanes of at least 4 members (excludes halogenated alkanes) is 2. The van der Waals surface area contributed by atoms with E-state index in [9.17, 15) is 20.1 Å². The van der Waals surface area contributed by atoms with Crippen molar-refractivity contribution in [2.75, 3.05) is 6.61 Å². The minimum atomic E-state index is -0.487. The lowest BCUT2D eigenvalue weighted by Gasteiger charge is -2.08. The lowest BCUT2D eigenvalue weighted by atomic mass is 10.1. The number of carbonyl (C=O) groups is 1. The first-order valence-corrected chi connectivity index (χ1v) is 8.46. The van der Waals surface area contributed by atoms with Crippen LogP contribution >= 0.6 is 0 Å². The Hall–Kier alpha value is -3.15. The minimum Gasteiger partial charge on any atom is -0.507 e. The van der Waals surface area contributed by atoms with E-state index in [4.69, 9.17) is 9.47 Å². The molecule has 2 aromatic carbocycles. The van der Waals surface area contributed by atoms with E-state index in [2.05, 4.69) is 6.92 Å². The molecule has 1 aliphatic rings. The topological polar surface area (TPSA) is 96.2 Å². The summed E-state index contributed by atoms with van der Waals surface area (Å²) in [5.41, 5.74) is 0.535. The van der Waals surface area contributed by atoms with E-state index in [0.717, 1.165) is 19.3 Å². The van der Waals surface area contributed by atoms with E-state index >= 15 is 0 Å². The van der Waals surface area contributed by atoms with Crippen molar-refractivity contribution < 1.29 is 29.6 Å². The third-order valence-corrected chi connectivity index (χ3v) is 4.10. The van der Waals surface area contributed by atoms with Crippen LogP contribution in [0.5, 0.6) is 28.7 Å². The van der Waals surface area contributed by atoms with Crippen LogP contribution < -0.4 is 9.47 Å². The first-order valence-electron chi connectivity index (χ1n) is 8.46. The number of aromatic hydroxyl groups is 3. The second-order valence-corrected chi connectivity index (χ2v) is 6.03. The van der Waals surface area contributed by atoms with Gasteiger partial charge in [-0.3, -0.25) is 4.79 Å². The molecule has 0 saturated heterocycles. The number of hydrogen-bond acceptors (Lipinski definition) is 6. The number of allylic oxidation sites excluding steroid dienone is 1. The van der Waals surface area contributed by atoms with Gasteiger partial charge in [0, 0.05) is 11.6 Å². The van der Waals surface area contributed by atoms with Gasteiger partial charge in [-0.05, 0) is 36.8 Å². The largest absolute Gasteiger partial charge is 0.507 e. The Labute approximate surface area is 150 Å². The Bertz CT molecular complexity index is 869. The summed E-state index contributed by atoms with van der Waals surface area (Å²) < 4.78 is 10.9. The summed E-state index contributed by atoms with van der Waals surface area (Å²) in [5, 5.41) is 29.5. The average molecular weight is 356 g/mol. The molecule has 26 heavy (non-hydrogen) atoms. The first-order chi connectivity index (χ1) is 12.5. The van der Waals surface area contributed by atoms with Crippen LogP contribution in [0, 0.1) is 0 Å². The van der Waals surface area contributed by atoms with E-state index in [1.165, 1.54) is 24.3 Å². The van der Waals surface area contributed by atoms with Crippen LogP contribution in [0.4, 0.5) is 0 Å². The van der Waals surface area contributed by atoms with Gasteiger partial charge in [0.2, 0.25) is 11.5 Å². The van der Waals surface area contributed by atoms with Gasteiger partial charge in [-0.2, -0.15) is 0 Å². The molecule has 3 N–H and O–H groups in total. The maximum absolute atomic E-state index is 12.4. The van der Waals surface area contributed by atoms with Crippen molar-refractivity contribution in [1.82, 2.24) is 0 Å². The van der Waals surface area contributed by atoms with Crippen LogP contribution in [0.25, 0.3) is 6.08 Å². The summed E-state index contributed by atoms with van der Waals surface area (Å²) in [4.78, 5) is 12.4. The van der Waals surface area contributed by atoms with Crippen molar-refractivity contribution in [1.29, 1.82) is 0 Å². The maximum Gasteiger partial charge on any atom is 0.232 e. The highest BCUT2D eigenvalue weighted by atomic mass is 16.5. The standard InChI is InChI=1S/C20H20O6/c1-2-3-4-9-25-13-6-5-12(16(22)11-13)10-17-18(23)14-7-8-15(21)19(24)20(14)26-17/h5-8,10-11,21-22,24H,2-4,9H2,1H3/b17-10+. The summed E-state index contributed by atoms with van der Waals surface area (Å²) >= 11 is 0. The SMILES string of the molecule is CCCCCOc1ccc(/C=C2/Oc3c(ccc(O)c3O)C2=O)c(O)c1. The second kappa shape index (κ2) is 7.39. The van der Waals surface area contributed by atoms with Gasteiger partial charge in [-0.25, -0.2) is 0 Å². The number of Topliss-reactive ketones (excluding diaryl/α,β-unsaturated/α-hetero) is 1. The second-order valence-electron chi connectivity index (χ2n) is 6.03. The van der Waals surface area contributed by atoms with Crippen LogP contribution in [-0.2, 0) is 0 Å². The third kappa shape index (κ3) is 3.44. The Morgan fingerprint density at radius 2 is 1.88 bits per heavy atom. The lowest BCUT2D eigenvalue weighted by molar-refractivity contribution is 0.101. The van der Waals surface area contributed by atoms with Gasteiger partial charge in [0.1, 0.15) is 11.5 Å². The van der Waals surface area contributed by atoms with Crippen molar-refractivity contribution in [3.8, 4) is 28.7 Å². The molecule has 0 fully saturated rings. The maximum atomic E-state index is 12.4. The van der Waals surface area contributed by atoms with E-state index in [0.29, 0.717) is 17.9 Å². The monoisotopic (exact) mass is 356 g/mol. The molecule has 3 rings (SSSR count). The number of fused-ring (bicyclic) bond motifs is 1. The molecule has 0 atom stereocenters. The molecule has 1 aliphatic heterocycles. The Morgan fingerprint density at radius 1 is 1.08 bits per heavy atom. The van der Waals surface area contributed by atoms with Crippen molar-refractivity contribution >= 4 is 11.9 Å². The van der Waals surface area contributed by atoms with E-state index < -0.39 is 11.5 Å². The molecule has 0 unspecified atom stereocenters. The molecule has 0 amide bonds. The van der Waals surface area contributed by atoms with Crippen molar-refractivity contribution in [2.24, 2.45) is 0 Å². The van der Waals surface area contributed by atoms with Gasteiger partial charge in [0.15, 0.2) is 17.3 Å². The fourth-order valence-corrected chi connectivity index (χ4v) is 2.65. The number of carbonyl (C=O) groups excluding carboxylic acids is 1. The minimum absolute atomic E-state index is 0.0483. The van der Waals surface area contributed by atoms with Crippen LogP contribution in [0.15, 0.2) is 36.1 Å². The van der Waals surface area contributed by atoms with Crippen molar-refractivity contribution in [2.45, 2.75) is 26.2 Å². The highest BCUT2D eigenvalue weighted by Gasteiger charge is 2.31. The normalized spacial score (nSPS) is 14.3. The molecule has 0 aromatic heterocycles. The molecule has 6 nitrogen and oxygen atoms in total. The first kappa shape index (κ1) is 17.7. The summed E-state index contributed by atoms with van der Waals surface area (Å²) in [6.07, 6.45) is 4.51. The molecule has 2 aromatic rings. The summed E-state index contributed by atoms with van der Waals surface area (Å²) in [6, 6.07) is 7.40. The zero-order valence-electron chi connectivity index (χ0n) is 14.4. The van der Waals surface area contributed by atoms with Crippen LogP contribution in [0.1, 0.15) is 42.1 Å². The fraction of sp³-hybridized carbons (Fsp3) is 0.250. The zero-order chi connectivity index (χ0) is 18.7. The summed E-state index contributed by atoms with van der Waals surface area (Å²) in [5.74, 6) is -0.932. The molecule has 0 spiro atoms. The number of benzene rings is 2. The highest BCUT2D eigenvalue weighted by molar-refractivity contribution is 6.15. The third-order valence-electron chi connectivity index (χ3n) is 4.10. The number of ether oxygens (including phenoxy) is 2. The molecule has 0 radical (unpaired) electrons. The fourth-order valence-electron chi connectivity index (χ4n) is 2.65. The number of rotatable bonds is 6. The Morgan fingerprint density at radius 3 is 2.62 bits per heavy atom. The van der Waals surface area contributed by atoms with Crippen LogP contribution in [0.3, 0.4) is 0 Å². The molecule has 0 aliphatic carbocycles. The van der Waals surface area contributed by atoms with Crippen LogP contribution in [0.2, 0.25) is 0 Å². The summed E-state index contributed by atoms with van der Waals surface area (Å²) in [6.45, 7) is 2.69. The molecule has 0 bridgehead atoms. The molecule has 0 saturated carbocycles. The Kier molecular flexibility index (Phi) is 5.02. The number of ketones is 1. The molecular weight excluding hydrogens is 336 g/mol. The van der Waals surface area contributed by atoms with E-state index in [1.807, 2.05) is 0 Å². The number of phenolic OH excluding ortho intramolecular Hbond substituents is 3. The average Bonchev–Trinajstić information content (AvgIpc) is 2.94. The molecule has 6 heteroatoms. The van der Waals surface area contributed by atoms with Gasteiger partial charge in [0.05, 0.1) is 12.2 Å². The van der Waals surface area contributed by atoms with Gasteiger partial charge >= 0.3 is 0 Å². The van der Waals surface area contributed by atoms with Crippen molar-refractivity contribution in [3.63, 3.8) is 0 Å². The van der Waals surface area contributed by atoms with Gasteiger partial charge < -0.3 is 24.8 Å². The number of phenols is 3. The van der Waals surface area contributed by atoms with Crippen LogP contribution in [-0.4, -0.2) is 27.7 Å². The molecule has 1 heterocycles. The smallest absolute Gasteiger partial charge is 0.232 e. The highest BCUT2D eigenvalue weighted by Crippen LogP contribution is 2.44. The quantitative estimate of drug-likeness (QED) is 0.411. The number of hydrogen-bond donors (Lipinski definition) is 3. The van der Waals surface area contributed by atoms with Gasteiger partial charge in [0.25, 0.3) is 0 Å². The predicted octanol–water partition coefficient (Wildman–Crippen LogP) is 3.99. The zero-order valence-corrected chi connectivity index (χ0v) is 14.4. The van der Waals surface area contributed by atoms with Gasteiger partial charge in [-0.15, -0.1) is 0 Å². The Balaban J connectivity index is 1.78. The van der Waals surface area contributed by atoms with Gasteiger partial charge in [-0.1, -0.05) is 19.8 Å². The van der Waals surface area contributed by atoms with E-state index in [1.54, 1.807) is 12.1 Å². The summed E-state index contributed by atoms with van der Waals surface area (Å²) in [7, 11) is 0.